The molecule has 148 valence electrons. The van der Waals surface area contributed by atoms with Crippen LogP contribution in [0.4, 0.5) is 0 Å². The van der Waals surface area contributed by atoms with Crippen LogP contribution in [0.3, 0.4) is 0 Å². The third kappa shape index (κ3) is 3.55. The summed E-state index contributed by atoms with van der Waals surface area (Å²) >= 11 is 0. The zero-order valence-corrected chi connectivity index (χ0v) is 17.8. The van der Waals surface area contributed by atoms with Gasteiger partial charge in [0.2, 0.25) is 0 Å². The molecule has 0 amide bonds. The van der Waals surface area contributed by atoms with Crippen LogP contribution in [0.1, 0.15) is 67.0 Å². The molecule has 4 rings (SSSR count). The molecule has 1 aliphatic carbocycles. The Balaban J connectivity index is 1.68. The molecule has 0 fully saturated rings. The Bertz CT molecular complexity index is 1090. The number of hydrogen-bond donors (Lipinski definition) is 0. The van der Waals surface area contributed by atoms with Crippen molar-refractivity contribution in [2.24, 2.45) is 0 Å². The zero-order valence-electron chi connectivity index (χ0n) is 17.8. The van der Waals surface area contributed by atoms with Crippen molar-refractivity contribution >= 4 is 5.57 Å². The molecule has 4 nitrogen and oxygen atoms in total. The minimum Gasteiger partial charge on any atom is -0.320 e. The smallest absolute Gasteiger partial charge is 0.252 e. The summed E-state index contributed by atoms with van der Waals surface area (Å²) in [7, 11) is 0. The van der Waals surface area contributed by atoms with E-state index >= 15 is 0 Å². The Labute approximate surface area is 172 Å². The Morgan fingerprint density at radius 1 is 0.966 bits per heavy atom. The summed E-state index contributed by atoms with van der Waals surface area (Å²) in [6.07, 6.45) is 5.24. The topological polar surface area (TPSA) is 51.8 Å². The van der Waals surface area contributed by atoms with Gasteiger partial charge in [0.15, 0.2) is 0 Å². The van der Waals surface area contributed by atoms with E-state index in [1.54, 1.807) is 0 Å². The second kappa shape index (κ2) is 6.80. The van der Waals surface area contributed by atoms with Gasteiger partial charge in [0.25, 0.3) is 5.89 Å². The maximum Gasteiger partial charge on any atom is 0.252 e. The molecular formula is C25H27N3O. The molecule has 1 heterocycles. The lowest BCUT2D eigenvalue weighted by Crippen LogP contribution is -2.29. The summed E-state index contributed by atoms with van der Waals surface area (Å²) in [5, 5.41) is 10.7. The second-order valence-electron chi connectivity index (χ2n) is 9.10. The first-order chi connectivity index (χ1) is 13.7. The van der Waals surface area contributed by atoms with Crippen molar-refractivity contribution in [3.63, 3.8) is 0 Å². The van der Waals surface area contributed by atoms with Crippen LogP contribution in [0.5, 0.6) is 0 Å². The van der Waals surface area contributed by atoms with E-state index in [0.717, 1.165) is 16.7 Å². The fraction of sp³-hybridized carbons (Fsp3) is 0.320. The van der Waals surface area contributed by atoms with Gasteiger partial charge in [-0.1, -0.05) is 81.9 Å². The Hall–Kier alpha value is -3.01. The van der Waals surface area contributed by atoms with Gasteiger partial charge in [0, 0.05) is 10.8 Å². The van der Waals surface area contributed by atoms with E-state index in [1.807, 2.05) is 0 Å². The van der Waals surface area contributed by atoms with Crippen molar-refractivity contribution in [2.45, 2.75) is 51.9 Å². The first kappa shape index (κ1) is 19.3. The summed E-state index contributed by atoms with van der Waals surface area (Å²) in [6.45, 7) is 15.7. The quantitative estimate of drug-likeness (QED) is 0.553. The molecule has 2 aromatic carbocycles. The van der Waals surface area contributed by atoms with Crippen LogP contribution in [0.25, 0.3) is 5.57 Å². The predicted molar refractivity (Wildman–Crippen MR) is 116 cm³/mol. The number of aromatic nitrogens is 3. The summed E-state index contributed by atoms with van der Waals surface area (Å²) < 4.78 is 4.99. The van der Waals surface area contributed by atoms with Crippen molar-refractivity contribution in [1.82, 2.24) is 15.6 Å². The van der Waals surface area contributed by atoms with E-state index in [4.69, 9.17) is 4.52 Å². The van der Waals surface area contributed by atoms with Crippen molar-refractivity contribution < 1.29 is 4.52 Å². The van der Waals surface area contributed by atoms with Gasteiger partial charge in [0.05, 0.1) is 11.7 Å². The molecule has 0 N–H and O–H groups in total. The summed E-state index contributed by atoms with van der Waals surface area (Å²) in [4.78, 5) is 0. The molecule has 0 aliphatic heterocycles. The average Bonchev–Trinajstić information content (AvgIpc) is 3.18. The van der Waals surface area contributed by atoms with E-state index < -0.39 is 0 Å². The van der Waals surface area contributed by atoms with E-state index in [2.05, 4.69) is 105 Å². The molecule has 0 bridgehead atoms. The van der Waals surface area contributed by atoms with Gasteiger partial charge in [0.1, 0.15) is 0 Å². The SMILES string of the molecule is C=C(c1ccc(Cc2nnno2)cc1)c1cc2c(cc1C)C(C)(C)C=CC2(C)C. The van der Waals surface area contributed by atoms with Gasteiger partial charge in [-0.25, -0.2) is 0 Å². The highest BCUT2D eigenvalue weighted by molar-refractivity contribution is 5.81. The number of hydrogen-bond acceptors (Lipinski definition) is 4. The highest BCUT2D eigenvalue weighted by Gasteiger charge is 2.33. The summed E-state index contributed by atoms with van der Waals surface area (Å²) in [5.74, 6) is 0.514. The van der Waals surface area contributed by atoms with Gasteiger partial charge in [-0.05, 0) is 57.2 Å². The third-order valence-corrected chi connectivity index (χ3v) is 5.99. The molecule has 0 saturated heterocycles. The minimum atomic E-state index is 0.00948. The fourth-order valence-corrected chi connectivity index (χ4v) is 4.07. The number of rotatable bonds is 4. The number of benzene rings is 2. The van der Waals surface area contributed by atoms with Crippen LogP contribution in [-0.2, 0) is 17.3 Å². The normalized spacial score (nSPS) is 16.4. The number of fused-ring (bicyclic) bond motifs is 1. The van der Waals surface area contributed by atoms with Crippen molar-refractivity contribution in [1.29, 1.82) is 0 Å². The average molecular weight is 386 g/mol. The van der Waals surface area contributed by atoms with E-state index in [-0.39, 0.29) is 10.8 Å². The zero-order chi connectivity index (χ0) is 20.8. The molecule has 1 aromatic heterocycles. The maximum atomic E-state index is 4.99. The number of aryl methyl sites for hydroxylation is 1. The van der Waals surface area contributed by atoms with Crippen LogP contribution in [-0.4, -0.2) is 15.6 Å². The third-order valence-electron chi connectivity index (χ3n) is 5.99. The lowest BCUT2D eigenvalue weighted by Gasteiger charge is -2.37. The molecule has 29 heavy (non-hydrogen) atoms. The van der Waals surface area contributed by atoms with E-state index in [1.165, 1.54) is 22.3 Å². The van der Waals surface area contributed by atoms with Crippen LogP contribution in [0.15, 0.2) is 59.7 Å². The molecule has 3 aromatic rings. The van der Waals surface area contributed by atoms with Crippen molar-refractivity contribution in [2.75, 3.05) is 0 Å². The minimum absolute atomic E-state index is 0.00948. The standard InChI is InChI=1S/C25H27N3O/c1-16-13-21-22(25(5,6)12-11-24(21,3)4)15-20(16)17(2)19-9-7-18(8-10-19)14-23-26-27-28-29-23/h7-13,15H,2,14H2,1,3-6H3. The number of nitrogens with zero attached hydrogens (tertiary/aromatic N) is 3. The Morgan fingerprint density at radius 2 is 1.59 bits per heavy atom. The van der Waals surface area contributed by atoms with E-state index in [0.29, 0.717) is 12.3 Å². The second-order valence-corrected chi connectivity index (χ2v) is 9.10. The van der Waals surface area contributed by atoms with Crippen molar-refractivity contribution in [3.05, 3.63) is 94.4 Å². The van der Waals surface area contributed by atoms with Gasteiger partial charge in [-0.15, -0.1) is 0 Å². The van der Waals surface area contributed by atoms with Gasteiger partial charge < -0.3 is 4.52 Å². The Morgan fingerprint density at radius 3 is 2.17 bits per heavy atom. The van der Waals surface area contributed by atoms with Crippen LogP contribution < -0.4 is 0 Å². The first-order valence-electron chi connectivity index (χ1n) is 9.96. The monoisotopic (exact) mass is 385 g/mol. The largest absolute Gasteiger partial charge is 0.320 e. The predicted octanol–water partition coefficient (Wildman–Crippen LogP) is 5.55. The maximum absolute atomic E-state index is 4.99. The van der Waals surface area contributed by atoms with Crippen LogP contribution >= 0.6 is 0 Å². The highest BCUT2D eigenvalue weighted by atomic mass is 16.5. The fourth-order valence-electron chi connectivity index (χ4n) is 4.07. The van der Waals surface area contributed by atoms with Gasteiger partial charge >= 0.3 is 0 Å². The van der Waals surface area contributed by atoms with Crippen LogP contribution in [0, 0.1) is 6.92 Å². The molecule has 0 radical (unpaired) electrons. The van der Waals surface area contributed by atoms with Gasteiger partial charge in [-0.3, -0.25) is 0 Å². The van der Waals surface area contributed by atoms with Gasteiger partial charge in [-0.2, -0.15) is 0 Å². The highest BCUT2D eigenvalue weighted by Crippen LogP contribution is 2.43. The van der Waals surface area contributed by atoms with Crippen molar-refractivity contribution in [3.8, 4) is 0 Å². The molecule has 4 heteroatoms. The molecular weight excluding hydrogens is 358 g/mol. The number of allylic oxidation sites excluding steroid dienone is 2. The molecule has 0 unspecified atom stereocenters. The lowest BCUT2D eigenvalue weighted by atomic mass is 9.67. The lowest BCUT2D eigenvalue weighted by molar-refractivity contribution is 0.366. The summed E-state index contributed by atoms with van der Waals surface area (Å²) in [6, 6.07) is 13.1. The molecule has 0 saturated carbocycles. The first-order valence-corrected chi connectivity index (χ1v) is 9.96. The summed E-state index contributed by atoms with van der Waals surface area (Å²) in [5.41, 5.74) is 8.56. The Kier molecular flexibility index (Phi) is 4.53. The van der Waals surface area contributed by atoms with E-state index in [9.17, 15) is 0 Å². The molecule has 0 atom stereocenters. The van der Waals surface area contributed by atoms with Crippen LogP contribution in [0.2, 0.25) is 0 Å². The molecule has 1 aliphatic rings. The molecule has 0 spiro atoms.